The molecule has 1 aromatic carbocycles. The van der Waals surface area contributed by atoms with Gasteiger partial charge in [0.1, 0.15) is 22.8 Å². The molecule has 0 radical (unpaired) electrons. The summed E-state index contributed by atoms with van der Waals surface area (Å²) in [7, 11) is 0. The largest absolute Gasteiger partial charge is 0.438 e. The molecule has 0 aliphatic carbocycles. The first-order valence-corrected chi connectivity index (χ1v) is 15.1. The first-order valence-electron chi connectivity index (χ1n) is 15.1. The molecule has 0 spiro atoms. The van der Waals surface area contributed by atoms with Gasteiger partial charge in [0.05, 0.1) is 0 Å². The molecule has 4 heterocycles. The second-order valence-electron chi connectivity index (χ2n) is 10.7. The lowest BCUT2D eigenvalue weighted by molar-refractivity contribution is -0.131. The number of para-hydroxylation sites is 1. The lowest BCUT2D eigenvalue weighted by Gasteiger charge is -2.18. The highest BCUT2D eigenvalue weighted by atomic mass is 16.6. The zero-order chi connectivity index (χ0) is 32.8. The SMILES string of the molecule is CCCCn1c(=O)n(CCCCc2noc(-c3ccccn3)n2)c(=O)c2c1nc(C)n2C(C)OC(=O)c1ccccc1OC(C)=O. The van der Waals surface area contributed by atoms with E-state index in [0.29, 0.717) is 55.5 Å². The third kappa shape index (κ3) is 6.80. The summed E-state index contributed by atoms with van der Waals surface area (Å²) in [5.41, 5.74) is 0.0297. The van der Waals surface area contributed by atoms with Gasteiger partial charge < -0.3 is 14.0 Å². The van der Waals surface area contributed by atoms with Crippen LogP contribution in [-0.2, 0) is 29.0 Å². The zero-order valence-electron chi connectivity index (χ0n) is 26.1. The van der Waals surface area contributed by atoms with E-state index >= 15 is 0 Å². The molecule has 14 nitrogen and oxygen atoms in total. The maximum Gasteiger partial charge on any atom is 0.343 e. The van der Waals surface area contributed by atoms with Crippen LogP contribution >= 0.6 is 0 Å². The van der Waals surface area contributed by atoms with Crippen molar-refractivity contribution in [3.8, 4) is 17.3 Å². The van der Waals surface area contributed by atoms with Gasteiger partial charge in [0, 0.05) is 32.6 Å². The van der Waals surface area contributed by atoms with E-state index in [1.54, 1.807) is 44.3 Å². The minimum atomic E-state index is -0.979. The predicted molar refractivity (Wildman–Crippen MR) is 166 cm³/mol. The van der Waals surface area contributed by atoms with Gasteiger partial charge in [-0.05, 0) is 57.4 Å². The molecule has 240 valence electrons. The number of carbonyl (C=O) groups excluding carboxylic acids is 2. The van der Waals surface area contributed by atoms with Crippen LogP contribution in [0.4, 0.5) is 0 Å². The fourth-order valence-corrected chi connectivity index (χ4v) is 5.18. The number of esters is 2. The molecule has 0 amide bonds. The summed E-state index contributed by atoms with van der Waals surface area (Å²) >= 11 is 0. The Kier molecular flexibility index (Phi) is 9.84. The van der Waals surface area contributed by atoms with Gasteiger partial charge in [-0.2, -0.15) is 4.98 Å². The van der Waals surface area contributed by atoms with Crippen molar-refractivity contribution in [2.75, 3.05) is 0 Å². The van der Waals surface area contributed by atoms with Crippen LogP contribution in [-0.4, -0.2) is 45.7 Å². The molecule has 0 aliphatic heterocycles. The fraction of sp³-hybridized carbons (Fsp3) is 0.375. The van der Waals surface area contributed by atoms with Crippen molar-refractivity contribution in [2.45, 2.75) is 79.1 Å². The number of ether oxygens (including phenoxy) is 2. The second-order valence-corrected chi connectivity index (χ2v) is 10.7. The number of aromatic nitrogens is 7. The monoisotopic (exact) mass is 629 g/mol. The number of imidazole rings is 1. The second kappa shape index (κ2) is 14.1. The molecule has 1 unspecified atom stereocenters. The Morgan fingerprint density at radius 3 is 2.48 bits per heavy atom. The zero-order valence-corrected chi connectivity index (χ0v) is 26.1. The third-order valence-corrected chi connectivity index (χ3v) is 7.36. The molecule has 0 N–H and O–H groups in total. The Morgan fingerprint density at radius 1 is 0.978 bits per heavy atom. The molecule has 46 heavy (non-hydrogen) atoms. The van der Waals surface area contributed by atoms with Gasteiger partial charge in [-0.15, -0.1) is 0 Å². The van der Waals surface area contributed by atoms with Gasteiger partial charge in [0.25, 0.3) is 11.4 Å². The van der Waals surface area contributed by atoms with Gasteiger partial charge >= 0.3 is 17.6 Å². The lowest BCUT2D eigenvalue weighted by atomic mass is 10.2. The van der Waals surface area contributed by atoms with E-state index in [1.165, 1.54) is 32.8 Å². The number of unbranched alkanes of at least 4 members (excludes halogenated alkanes) is 2. The van der Waals surface area contributed by atoms with E-state index < -0.39 is 29.4 Å². The number of hydrogen-bond donors (Lipinski definition) is 0. The number of benzene rings is 1. The smallest absolute Gasteiger partial charge is 0.343 e. The molecule has 5 rings (SSSR count). The molecule has 5 aromatic rings. The average Bonchev–Trinajstić information content (AvgIpc) is 3.65. The number of nitrogens with zero attached hydrogens (tertiary/aromatic N) is 7. The van der Waals surface area contributed by atoms with Crippen molar-refractivity contribution in [2.24, 2.45) is 0 Å². The molecule has 4 aromatic heterocycles. The molecule has 0 bridgehead atoms. The molecular formula is C32H35N7O7. The van der Waals surface area contributed by atoms with Gasteiger partial charge in [-0.3, -0.25) is 28.3 Å². The van der Waals surface area contributed by atoms with E-state index in [9.17, 15) is 19.2 Å². The molecule has 1 atom stereocenters. The molecule has 0 saturated carbocycles. The topological polar surface area (TPSA) is 166 Å². The van der Waals surface area contributed by atoms with Crippen molar-refractivity contribution in [1.82, 2.24) is 33.8 Å². The summed E-state index contributed by atoms with van der Waals surface area (Å²) in [5, 5.41) is 4.02. The average molecular weight is 630 g/mol. The Balaban J connectivity index is 1.40. The van der Waals surface area contributed by atoms with Gasteiger partial charge in [0.2, 0.25) is 0 Å². The maximum absolute atomic E-state index is 13.9. The van der Waals surface area contributed by atoms with Crippen LogP contribution in [0.3, 0.4) is 0 Å². The number of pyridine rings is 1. The van der Waals surface area contributed by atoms with Gasteiger partial charge in [-0.1, -0.05) is 36.7 Å². The number of fused-ring (bicyclic) bond motifs is 1. The summed E-state index contributed by atoms with van der Waals surface area (Å²) in [4.78, 5) is 65.4. The highest BCUT2D eigenvalue weighted by Crippen LogP contribution is 2.24. The maximum atomic E-state index is 13.9. The van der Waals surface area contributed by atoms with Crippen LogP contribution in [0, 0.1) is 6.92 Å². The number of carbonyl (C=O) groups is 2. The minimum absolute atomic E-state index is 0.0534. The Morgan fingerprint density at radius 2 is 1.74 bits per heavy atom. The Labute approximate surface area is 263 Å². The van der Waals surface area contributed by atoms with E-state index in [2.05, 4.69) is 20.1 Å². The molecular weight excluding hydrogens is 594 g/mol. The summed E-state index contributed by atoms with van der Waals surface area (Å²) in [6, 6.07) is 11.6. The van der Waals surface area contributed by atoms with Gasteiger partial charge in [0.15, 0.2) is 23.2 Å². The van der Waals surface area contributed by atoms with Crippen molar-refractivity contribution < 1.29 is 23.6 Å². The van der Waals surface area contributed by atoms with E-state index in [0.717, 1.165) is 6.42 Å². The van der Waals surface area contributed by atoms with Crippen molar-refractivity contribution in [3.63, 3.8) is 0 Å². The molecule has 0 aliphatic rings. The first kappa shape index (κ1) is 32.0. The van der Waals surface area contributed by atoms with E-state index in [-0.39, 0.29) is 29.0 Å². The minimum Gasteiger partial charge on any atom is -0.438 e. The summed E-state index contributed by atoms with van der Waals surface area (Å²) in [6.07, 6.45) is 3.76. The van der Waals surface area contributed by atoms with Crippen LogP contribution in [0.25, 0.3) is 22.7 Å². The predicted octanol–water partition coefficient (Wildman–Crippen LogP) is 4.24. The van der Waals surface area contributed by atoms with Crippen LogP contribution in [0.15, 0.2) is 62.8 Å². The number of aryl methyl sites for hydroxylation is 3. The van der Waals surface area contributed by atoms with Crippen LogP contribution < -0.4 is 16.0 Å². The standard InChI is InChI=1S/C32H35N7O7/c1-5-6-18-37-28-27(39(20(2)34-28)21(3)44-31(42)23-13-7-8-15-25(23)45-22(4)40)30(41)38(32(37)43)19-12-10-16-26-35-29(46-36-26)24-14-9-11-17-33-24/h7-9,11,13-15,17,21H,5-6,10,12,16,18-19H2,1-4H3. The fourth-order valence-electron chi connectivity index (χ4n) is 5.18. The van der Waals surface area contributed by atoms with Crippen LogP contribution in [0.1, 0.15) is 74.7 Å². The van der Waals surface area contributed by atoms with Crippen LogP contribution in [0.2, 0.25) is 0 Å². The quantitative estimate of drug-likeness (QED) is 0.104. The third-order valence-electron chi connectivity index (χ3n) is 7.36. The van der Waals surface area contributed by atoms with E-state index in [1.807, 2.05) is 13.0 Å². The van der Waals surface area contributed by atoms with Crippen molar-refractivity contribution in [1.29, 1.82) is 0 Å². The number of rotatable bonds is 13. The van der Waals surface area contributed by atoms with Crippen molar-refractivity contribution in [3.05, 3.63) is 86.7 Å². The van der Waals surface area contributed by atoms with Crippen LogP contribution in [0.5, 0.6) is 5.75 Å². The molecule has 0 saturated heterocycles. The first-order chi connectivity index (χ1) is 22.2. The van der Waals surface area contributed by atoms with Gasteiger partial charge in [-0.25, -0.2) is 14.6 Å². The normalized spacial score (nSPS) is 11.9. The summed E-state index contributed by atoms with van der Waals surface area (Å²) < 4.78 is 20.5. The molecule has 0 fully saturated rings. The summed E-state index contributed by atoms with van der Waals surface area (Å²) in [6.45, 7) is 7.05. The highest BCUT2D eigenvalue weighted by Gasteiger charge is 2.26. The number of hydrogen-bond acceptors (Lipinski definition) is 11. The molecule has 14 heteroatoms. The highest BCUT2D eigenvalue weighted by molar-refractivity contribution is 5.93. The van der Waals surface area contributed by atoms with E-state index in [4.69, 9.17) is 14.0 Å². The lowest BCUT2D eigenvalue weighted by Crippen LogP contribution is -2.41. The Hall–Kier alpha value is -5.40. The summed E-state index contributed by atoms with van der Waals surface area (Å²) in [5.74, 6) is -0.0552. The Bertz CT molecular complexity index is 1970. The van der Waals surface area contributed by atoms with Crippen molar-refractivity contribution >= 4 is 23.1 Å².